The SMILES string of the molecule is c1ccc(-c2ccc(N(c3ccc4c(c3)C3(c5ccccc5-c5ccccc53)c3ccccc3-4)c3cc4oc5ccc6c7ccccc7c7ccccc7c6c5c4c4ccccc34)cc2)cc1. The first-order valence-corrected chi connectivity index (χ1v) is 23.3. The Bertz CT molecular complexity index is 4120. The Morgan fingerprint density at radius 1 is 0.284 bits per heavy atom. The van der Waals surface area contributed by atoms with Crippen LogP contribution in [0.5, 0.6) is 0 Å². The molecule has 0 atom stereocenters. The van der Waals surface area contributed by atoms with E-state index in [-0.39, 0.29) is 0 Å². The number of furan rings is 1. The average molecular weight is 850 g/mol. The highest BCUT2D eigenvalue weighted by Gasteiger charge is 2.51. The molecule has 12 aromatic carbocycles. The Balaban J connectivity index is 1.03. The van der Waals surface area contributed by atoms with E-state index in [2.05, 4.69) is 241 Å². The fourth-order valence-electron chi connectivity index (χ4n) is 12.4. The summed E-state index contributed by atoms with van der Waals surface area (Å²) in [7, 11) is 0. The summed E-state index contributed by atoms with van der Waals surface area (Å²) in [6.45, 7) is 0. The molecule has 13 aromatic rings. The van der Waals surface area contributed by atoms with Crippen LogP contribution in [-0.4, -0.2) is 0 Å². The van der Waals surface area contributed by atoms with E-state index >= 15 is 0 Å². The molecule has 1 spiro atoms. The number of benzene rings is 12. The van der Waals surface area contributed by atoms with Crippen molar-refractivity contribution in [2.24, 2.45) is 0 Å². The molecule has 0 saturated heterocycles. The van der Waals surface area contributed by atoms with Gasteiger partial charge in [0.15, 0.2) is 0 Å². The molecule has 1 heterocycles. The van der Waals surface area contributed by atoms with E-state index in [1.54, 1.807) is 0 Å². The Morgan fingerprint density at radius 2 is 0.746 bits per heavy atom. The Kier molecular flexibility index (Phi) is 7.46. The summed E-state index contributed by atoms with van der Waals surface area (Å²) >= 11 is 0. The molecule has 0 unspecified atom stereocenters. The van der Waals surface area contributed by atoms with Gasteiger partial charge in [0.2, 0.25) is 0 Å². The maximum Gasteiger partial charge on any atom is 0.138 e. The first-order valence-electron chi connectivity index (χ1n) is 23.3. The van der Waals surface area contributed by atoms with E-state index in [4.69, 9.17) is 4.42 Å². The van der Waals surface area contributed by atoms with Crippen LogP contribution in [0.1, 0.15) is 22.3 Å². The van der Waals surface area contributed by atoms with E-state index in [9.17, 15) is 0 Å². The van der Waals surface area contributed by atoms with Gasteiger partial charge in [0.25, 0.3) is 0 Å². The van der Waals surface area contributed by atoms with E-state index in [1.165, 1.54) is 88.0 Å². The molecule has 2 aliphatic rings. The number of hydrogen-bond acceptors (Lipinski definition) is 2. The van der Waals surface area contributed by atoms with Crippen LogP contribution in [0.4, 0.5) is 17.1 Å². The maximum absolute atomic E-state index is 7.11. The van der Waals surface area contributed by atoms with E-state index in [0.29, 0.717) is 0 Å². The minimum atomic E-state index is -0.475. The molecule has 15 rings (SSSR count). The summed E-state index contributed by atoms with van der Waals surface area (Å²) in [4.78, 5) is 2.47. The summed E-state index contributed by atoms with van der Waals surface area (Å²) in [5.74, 6) is 0. The lowest BCUT2D eigenvalue weighted by Gasteiger charge is -2.32. The molecular formula is C65H39NO. The van der Waals surface area contributed by atoms with Gasteiger partial charge in [0.1, 0.15) is 11.2 Å². The van der Waals surface area contributed by atoms with Crippen LogP contribution in [0.2, 0.25) is 0 Å². The average Bonchev–Trinajstić information content (AvgIpc) is 4.03. The minimum Gasteiger partial charge on any atom is -0.456 e. The molecule has 0 N–H and O–H groups in total. The predicted octanol–water partition coefficient (Wildman–Crippen LogP) is 17.7. The van der Waals surface area contributed by atoms with Crippen molar-refractivity contribution < 1.29 is 4.42 Å². The van der Waals surface area contributed by atoms with Gasteiger partial charge in [-0.25, -0.2) is 0 Å². The third kappa shape index (κ3) is 4.89. The van der Waals surface area contributed by atoms with Crippen LogP contribution in [0.3, 0.4) is 0 Å². The molecule has 2 heteroatoms. The van der Waals surface area contributed by atoms with Crippen molar-refractivity contribution in [3.05, 3.63) is 259 Å². The number of rotatable bonds is 4. The second-order valence-corrected chi connectivity index (χ2v) is 18.2. The summed E-state index contributed by atoms with van der Waals surface area (Å²) in [6.07, 6.45) is 0. The van der Waals surface area contributed by atoms with Crippen molar-refractivity contribution in [2.75, 3.05) is 4.90 Å². The molecule has 310 valence electrons. The molecule has 1 aromatic heterocycles. The molecule has 2 nitrogen and oxygen atoms in total. The van der Waals surface area contributed by atoms with Crippen molar-refractivity contribution >= 4 is 82.1 Å². The quantitative estimate of drug-likeness (QED) is 0.164. The van der Waals surface area contributed by atoms with Crippen molar-refractivity contribution in [1.82, 2.24) is 0 Å². The monoisotopic (exact) mass is 849 g/mol. The molecular weight excluding hydrogens is 811 g/mol. The Morgan fingerprint density at radius 3 is 1.37 bits per heavy atom. The number of hydrogen-bond donors (Lipinski definition) is 0. The fourth-order valence-corrected chi connectivity index (χ4v) is 12.4. The summed E-state index contributed by atoms with van der Waals surface area (Å²) < 4.78 is 7.11. The second kappa shape index (κ2) is 13.7. The van der Waals surface area contributed by atoms with E-state index in [1.807, 2.05) is 0 Å². The van der Waals surface area contributed by atoms with Crippen molar-refractivity contribution in [3.8, 4) is 33.4 Å². The molecule has 0 radical (unpaired) electrons. The van der Waals surface area contributed by atoms with Crippen LogP contribution in [0, 0.1) is 0 Å². The first-order chi connectivity index (χ1) is 33.3. The Hall–Kier alpha value is -8.72. The van der Waals surface area contributed by atoms with Gasteiger partial charge in [-0.3, -0.25) is 0 Å². The molecule has 0 amide bonds. The lowest BCUT2D eigenvalue weighted by molar-refractivity contribution is 0.669. The van der Waals surface area contributed by atoms with Crippen LogP contribution in [0.25, 0.3) is 98.4 Å². The van der Waals surface area contributed by atoms with Crippen molar-refractivity contribution in [3.63, 3.8) is 0 Å². The minimum absolute atomic E-state index is 0.475. The number of anilines is 3. The zero-order valence-electron chi connectivity index (χ0n) is 36.4. The van der Waals surface area contributed by atoms with Gasteiger partial charge < -0.3 is 9.32 Å². The van der Waals surface area contributed by atoms with Gasteiger partial charge in [-0.1, -0.05) is 194 Å². The van der Waals surface area contributed by atoms with Gasteiger partial charge >= 0.3 is 0 Å². The highest BCUT2D eigenvalue weighted by atomic mass is 16.3. The molecule has 2 aliphatic carbocycles. The third-order valence-electron chi connectivity index (χ3n) is 15.0. The topological polar surface area (TPSA) is 16.4 Å². The zero-order valence-corrected chi connectivity index (χ0v) is 36.4. The smallest absolute Gasteiger partial charge is 0.138 e. The van der Waals surface area contributed by atoms with Crippen LogP contribution in [0.15, 0.2) is 241 Å². The molecule has 0 aliphatic heterocycles. The Labute approximate surface area is 387 Å². The summed E-state index contributed by atoms with van der Waals surface area (Å²) in [5, 5.41) is 12.1. The number of fused-ring (bicyclic) bond motifs is 22. The van der Waals surface area contributed by atoms with Gasteiger partial charge in [0.05, 0.1) is 11.1 Å². The van der Waals surface area contributed by atoms with E-state index < -0.39 is 5.41 Å². The van der Waals surface area contributed by atoms with Crippen LogP contribution in [-0.2, 0) is 5.41 Å². The highest BCUT2D eigenvalue weighted by Crippen LogP contribution is 2.63. The van der Waals surface area contributed by atoms with Crippen molar-refractivity contribution in [2.45, 2.75) is 5.41 Å². The molecule has 0 fully saturated rings. The fraction of sp³-hybridized carbons (Fsp3) is 0.0154. The lowest BCUT2D eigenvalue weighted by Crippen LogP contribution is -2.26. The lowest BCUT2D eigenvalue weighted by atomic mass is 9.70. The first kappa shape index (κ1) is 36.6. The predicted molar refractivity (Wildman–Crippen MR) is 280 cm³/mol. The van der Waals surface area contributed by atoms with Gasteiger partial charge in [-0.05, 0) is 124 Å². The number of nitrogens with zero attached hydrogens (tertiary/aromatic N) is 1. The highest BCUT2D eigenvalue weighted by molar-refractivity contribution is 6.37. The molecule has 67 heavy (non-hydrogen) atoms. The largest absolute Gasteiger partial charge is 0.456 e. The van der Waals surface area contributed by atoms with Gasteiger partial charge in [-0.2, -0.15) is 0 Å². The third-order valence-corrected chi connectivity index (χ3v) is 15.0. The summed E-state index contributed by atoms with van der Waals surface area (Å²) in [6, 6.07) is 87.4. The maximum atomic E-state index is 7.11. The van der Waals surface area contributed by atoms with Gasteiger partial charge in [0, 0.05) is 39.0 Å². The summed E-state index contributed by atoms with van der Waals surface area (Å²) in [5.41, 5.74) is 17.3. The molecule has 0 bridgehead atoms. The van der Waals surface area contributed by atoms with Crippen LogP contribution < -0.4 is 4.90 Å². The second-order valence-electron chi connectivity index (χ2n) is 18.2. The van der Waals surface area contributed by atoms with Crippen molar-refractivity contribution in [1.29, 1.82) is 0 Å². The molecule has 0 saturated carbocycles. The van der Waals surface area contributed by atoms with Gasteiger partial charge in [-0.15, -0.1) is 0 Å². The standard InChI is InChI=1S/C65H39NO/c1-2-16-40(17-3-1)41-30-32-42(33-31-41)66(43-34-35-50-49-23-12-15-29-57(49)65(58(50)38-43)55-27-13-10-21-47(55)48-22-11-14-28-56(48)65)59-39-61-63(53-26-9-7-24-51(53)59)64-60(67-61)37-36-54-46-20-5-4-18-44(46)45-19-6-8-25-52(45)62(54)64/h1-39H. The van der Waals surface area contributed by atoms with Crippen LogP contribution >= 0.6 is 0 Å². The van der Waals surface area contributed by atoms with E-state index in [0.717, 1.165) is 49.8 Å². The zero-order chi connectivity index (χ0) is 43.8. The normalized spacial score (nSPS) is 13.2.